The van der Waals surface area contributed by atoms with E-state index >= 15 is 0 Å². The normalized spacial score (nSPS) is 19.6. The van der Waals surface area contributed by atoms with Crippen LogP contribution in [0.15, 0.2) is 0 Å². The lowest BCUT2D eigenvalue weighted by molar-refractivity contribution is -0.110. The molecule has 72 valence electrons. The predicted molar refractivity (Wildman–Crippen MR) is 48.1 cm³/mol. The highest BCUT2D eigenvalue weighted by atomic mass is 16.3. The molecule has 4 heteroatoms. The number of hydrogen-bond donors (Lipinski definition) is 1. The summed E-state index contributed by atoms with van der Waals surface area (Å²) in [6.45, 7) is 4.57. The van der Waals surface area contributed by atoms with Crippen molar-refractivity contribution in [3.8, 4) is 0 Å². The fraction of sp³-hybridized carbons (Fsp3) is 0.875. The van der Waals surface area contributed by atoms with Gasteiger partial charge in [0.15, 0.2) is 0 Å². The predicted octanol–water partition coefficient (Wildman–Crippen LogP) is -0.959. The maximum absolute atomic E-state index is 8.92. The van der Waals surface area contributed by atoms with E-state index in [2.05, 4.69) is 23.9 Å². The number of carbonyl (C=O) groups excluding carboxylic acids is 1. The first kappa shape index (κ1) is 11.6. The van der Waals surface area contributed by atoms with E-state index in [0.717, 1.165) is 0 Å². The topological polar surface area (TPSA) is 43.8 Å². The van der Waals surface area contributed by atoms with Gasteiger partial charge in [-0.1, -0.05) is 0 Å². The van der Waals surface area contributed by atoms with E-state index in [1.54, 1.807) is 0 Å². The molecule has 1 aliphatic heterocycles. The van der Waals surface area contributed by atoms with E-state index < -0.39 is 0 Å². The van der Waals surface area contributed by atoms with Crippen LogP contribution in [0.5, 0.6) is 0 Å². The molecule has 1 rings (SSSR count). The van der Waals surface area contributed by atoms with Gasteiger partial charge in [0, 0.05) is 26.2 Å². The summed E-state index contributed by atoms with van der Waals surface area (Å²) in [4.78, 5) is 13.6. The molecule has 4 nitrogen and oxygen atoms in total. The van der Waals surface area contributed by atoms with Crippen LogP contribution in [0, 0.1) is 0 Å². The molecule has 0 aliphatic carbocycles. The number of piperazine rings is 1. The van der Waals surface area contributed by atoms with Gasteiger partial charge in [-0.15, -0.1) is 0 Å². The third-order valence-electron chi connectivity index (χ3n) is 1.80. The third-order valence-corrected chi connectivity index (χ3v) is 1.80. The van der Waals surface area contributed by atoms with Crippen LogP contribution in [-0.4, -0.2) is 68.1 Å². The Morgan fingerprint density at radius 1 is 1.17 bits per heavy atom. The molecule has 1 N–H and O–H groups in total. The van der Waals surface area contributed by atoms with Crippen LogP contribution in [0.2, 0.25) is 0 Å². The van der Waals surface area contributed by atoms with Crippen molar-refractivity contribution in [1.29, 1.82) is 0 Å². The van der Waals surface area contributed by atoms with E-state index in [1.165, 1.54) is 26.2 Å². The molecule has 1 aliphatic rings. The monoisotopic (exact) mass is 174 g/mol. The maximum atomic E-state index is 8.92. The quantitative estimate of drug-likeness (QED) is 0.520. The molecule has 1 saturated heterocycles. The lowest BCUT2D eigenvalue weighted by Crippen LogP contribution is -2.42. The minimum atomic E-state index is -0.361. The zero-order valence-electron chi connectivity index (χ0n) is 7.86. The van der Waals surface area contributed by atoms with E-state index in [4.69, 9.17) is 9.90 Å². The van der Waals surface area contributed by atoms with E-state index in [0.29, 0.717) is 6.29 Å². The Morgan fingerprint density at radius 2 is 1.42 bits per heavy atom. The van der Waals surface area contributed by atoms with Gasteiger partial charge in [0.2, 0.25) is 0 Å². The fourth-order valence-corrected chi connectivity index (χ4v) is 0.906. The molecule has 0 amide bonds. The number of hydrogen-bond acceptors (Lipinski definition) is 4. The summed E-state index contributed by atoms with van der Waals surface area (Å²) in [6.07, 6.45) is 0.431. The molecular weight excluding hydrogens is 156 g/mol. The first-order valence-electron chi connectivity index (χ1n) is 4.12. The Kier molecular flexibility index (Phi) is 6.94. The van der Waals surface area contributed by atoms with Crippen molar-refractivity contribution in [2.24, 2.45) is 0 Å². The van der Waals surface area contributed by atoms with Gasteiger partial charge >= 0.3 is 0 Å². The summed E-state index contributed by atoms with van der Waals surface area (Å²) in [7, 11) is 4.35. The van der Waals surface area contributed by atoms with Crippen molar-refractivity contribution >= 4 is 6.29 Å². The van der Waals surface area contributed by atoms with Crippen LogP contribution in [-0.2, 0) is 4.79 Å². The second-order valence-electron chi connectivity index (χ2n) is 2.96. The molecule has 0 radical (unpaired) electrons. The molecule has 0 aromatic carbocycles. The van der Waals surface area contributed by atoms with Gasteiger partial charge in [0.05, 0.1) is 6.61 Å². The minimum absolute atomic E-state index is 0.361. The summed E-state index contributed by atoms with van der Waals surface area (Å²) < 4.78 is 0. The Balaban J connectivity index is 0.000000261. The van der Waals surface area contributed by atoms with Gasteiger partial charge < -0.3 is 19.7 Å². The average molecular weight is 174 g/mol. The van der Waals surface area contributed by atoms with E-state index in [1.807, 2.05) is 0 Å². The van der Waals surface area contributed by atoms with E-state index in [9.17, 15) is 0 Å². The first-order valence-corrected chi connectivity index (χ1v) is 4.12. The summed E-state index contributed by atoms with van der Waals surface area (Å²) in [5, 5.41) is 7.51. The van der Waals surface area contributed by atoms with Crippen molar-refractivity contribution in [3.63, 3.8) is 0 Å². The third kappa shape index (κ3) is 6.27. The largest absolute Gasteiger partial charge is 0.389 e. The van der Waals surface area contributed by atoms with Gasteiger partial charge in [-0.25, -0.2) is 0 Å². The van der Waals surface area contributed by atoms with Crippen molar-refractivity contribution in [1.82, 2.24) is 9.80 Å². The zero-order chi connectivity index (χ0) is 9.40. The van der Waals surface area contributed by atoms with Crippen molar-refractivity contribution in [3.05, 3.63) is 0 Å². The molecule has 12 heavy (non-hydrogen) atoms. The van der Waals surface area contributed by atoms with Crippen LogP contribution in [0.1, 0.15) is 0 Å². The Hall–Kier alpha value is -0.450. The highest BCUT2D eigenvalue weighted by molar-refractivity contribution is 5.49. The molecule has 0 spiro atoms. The molecule has 0 unspecified atom stereocenters. The summed E-state index contributed by atoms with van der Waals surface area (Å²) in [6, 6.07) is 0. The number of carbonyl (C=O) groups is 1. The fourth-order valence-electron chi connectivity index (χ4n) is 0.906. The number of likely N-dealkylation sites (N-methyl/N-ethyl adjacent to an activating group) is 2. The number of aliphatic hydroxyl groups is 1. The average Bonchev–Trinajstić information content (AvgIpc) is 2.11. The summed E-state index contributed by atoms with van der Waals surface area (Å²) in [5.41, 5.74) is 0. The summed E-state index contributed by atoms with van der Waals surface area (Å²) >= 11 is 0. The number of aldehydes is 1. The van der Waals surface area contributed by atoms with Crippen LogP contribution >= 0.6 is 0 Å². The van der Waals surface area contributed by atoms with Gasteiger partial charge in [0.1, 0.15) is 6.29 Å². The Morgan fingerprint density at radius 3 is 1.58 bits per heavy atom. The van der Waals surface area contributed by atoms with Gasteiger partial charge in [-0.2, -0.15) is 0 Å². The second-order valence-corrected chi connectivity index (χ2v) is 2.96. The van der Waals surface area contributed by atoms with Crippen LogP contribution in [0.25, 0.3) is 0 Å². The standard InChI is InChI=1S/C6H14N2.C2H4O2/c1-7-3-5-8(2)6-4-7;3-1-2-4/h3-6H2,1-2H3;1,4H,2H2. The molecule has 0 bridgehead atoms. The smallest absolute Gasteiger partial charge is 0.145 e. The first-order chi connectivity index (χ1) is 5.70. The minimum Gasteiger partial charge on any atom is -0.389 e. The van der Waals surface area contributed by atoms with Gasteiger partial charge in [-0.3, -0.25) is 0 Å². The Labute approximate surface area is 73.8 Å². The number of aliphatic hydroxyl groups excluding tert-OH is 1. The molecule has 1 heterocycles. The maximum Gasteiger partial charge on any atom is 0.145 e. The van der Waals surface area contributed by atoms with Crippen molar-refractivity contribution in [2.75, 3.05) is 46.9 Å². The molecule has 1 fully saturated rings. The molecular formula is C8H18N2O2. The van der Waals surface area contributed by atoms with Crippen LogP contribution < -0.4 is 0 Å². The van der Waals surface area contributed by atoms with Crippen LogP contribution in [0.3, 0.4) is 0 Å². The van der Waals surface area contributed by atoms with E-state index in [-0.39, 0.29) is 6.61 Å². The number of rotatable bonds is 1. The Bertz CT molecular complexity index is 102. The number of nitrogens with zero attached hydrogens (tertiary/aromatic N) is 2. The van der Waals surface area contributed by atoms with Crippen molar-refractivity contribution < 1.29 is 9.90 Å². The second kappa shape index (κ2) is 7.21. The van der Waals surface area contributed by atoms with Gasteiger partial charge in [0.25, 0.3) is 0 Å². The highest BCUT2D eigenvalue weighted by Crippen LogP contribution is 1.93. The summed E-state index contributed by atoms with van der Waals surface area (Å²) in [5.74, 6) is 0. The van der Waals surface area contributed by atoms with Crippen LogP contribution in [0.4, 0.5) is 0 Å². The van der Waals surface area contributed by atoms with Crippen molar-refractivity contribution in [2.45, 2.75) is 0 Å². The SMILES string of the molecule is CN1CCN(C)CC1.O=CCO. The lowest BCUT2D eigenvalue weighted by atomic mass is 10.4. The molecule has 0 saturated carbocycles. The lowest BCUT2D eigenvalue weighted by Gasteiger charge is -2.28. The molecule has 0 aromatic rings. The molecule has 0 atom stereocenters. The van der Waals surface area contributed by atoms with Gasteiger partial charge in [-0.05, 0) is 14.1 Å². The zero-order valence-corrected chi connectivity index (χ0v) is 7.86. The molecule has 0 aromatic heterocycles. The highest BCUT2D eigenvalue weighted by Gasteiger charge is 2.07.